The Bertz CT molecular complexity index is 989. The van der Waals surface area contributed by atoms with Gasteiger partial charge in [0.25, 0.3) is 11.2 Å². The number of anilines is 1. The second-order valence-electron chi connectivity index (χ2n) is 6.22. The number of amides is 1. The number of nitro groups is 1. The highest BCUT2D eigenvalue weighted by Gasteiger charge is 2.33. The highest BCUT2D eigenvalue weighted by Crippen LogP contribution is 2.37. The molecular weight excluding hydrogens is 380 g/mol. The fourth-order valence-corrected chi connectivity index (χ4v) is 3.66. The molecule has 1 aromatic heterocycles. The van der Waals surface area contributed by atoms with Crippen LogP contribution in [0.15, 0.2) is 28.2 Å². The van der Waals surface area contributed by atoms with Crippen LogP contribution < -0.4 is 10.9 Å². The Morgan fingerprint density at radius 3 is 2.73 bits per heavy atom. The largest absolute Gasteiger partial charge is 0.310 e. The van der Waals surface area contributed by atoms with Crippen LogP contribution in [-0.4, -0.2) is 20.4 Å². The molecule has 1 N–H and O–H groups in total. The number of carbonyl (C=O) groups excluding carboxylic acids is 1. The minimum Gasteiger partial charge on any atom is -0.310 e. The lowest BCUT2D eigenvalue weighted by atomic mass is 9.86. The Morgan fingerprint density at radius 1 is 1.42 bits per heavy atom. The highest BCUT2D eigenvalue weighted by atomic mass is 35.5. The lowest BCUT2D eigenvalue weighted by molar-refractivity contribution is -0.384. The number of halogens is 1. The van der Waals surface area contributed by atoms with Gasteiger partial charge in [0.15, 0.2) is 5.16 Å². The van der Waals surface area contributed by atoms with Gasteiger partial charge in [0.1, 0.15) is 10.8 Å². The van der Waals surface area contributed by atoms with Gasteiger partial charge in [-0.1, -0.05) is 17.7 Å². The summed E-state index contributed by atoms with van der Waals surface area (Å²) < 4.78 is 1.41. The third-order valence-corrected chi connectivity index (χ3v) is 4.85. The number of hydrogen-bond acceptors (Lipinski definition) is 6. The number of rotatable bonds is 3. The van der Waals surface area contributed by atoms with Gasteiger partial charge in [0, 0.05) is 24.4 Å². The summed E-state index contributed by atoms with van der Waals surface area (Å²) in [7, 11) is 0. The zero-order chi connectivity index (χ0) is 19.2. The highest BCUT2D eigenvalue weighted by molar-refractivity contribution is 7.80. The molecule has 8 nitrogen and oxygen atoms in total. The van der Waals surface area contributed by atoms with Crippen LogP contribution in [0.5, 0.6) is 0 Å². The Kier molecular flexibility index (Phi) is 4.76. The van der Waals surface area contributed by atoms with Crippen molar-refractivity contribution in [2.75, 3.05) is 5.32 Å². The molecule has 0 aliphatic carbocycles. The van der Waals surface area contributed by atoms with Crippen molar-refractivity contribution in [2.45, 2.75) is 37.4 Å². The number of benzene rings is 1. The van der Waals surface area contributed by atoms with Crippen molar-refractivity contribution in [1.82, 2.24) is 9.55 Å². The summed E-state index contributed by atoms with van der Waals surface area (Å²) in [6.07, 6.45) is -0.0211. The van der Waals surface area contributed by atoms with Gasteiger partial charge in [-0.15, -0.1) is 12.6 Å². The molecule has 0 saturated carbocycles. The van der Waals surface area contributed by atoms with Crippen molar-refractivity contribution in [2.24, 2.45) is 0 Å². The normalized spacial score (nSPS) is 16.3. The fourth-order valence-electron chi connectivity index (χ4n) is 3.05. The van der Waals surface area contributed by atoms with Gasteiger partial charge in [0.2, 0.25) is 5.91 Å². The first-order valence-electron chi connectivity index (χ1n) is 7.79. The molecule has 1 aromatic carbocycles. The summed E-state index contributed by atoms with van der Waals surface area (Å²) in [6, 6.07) is 4.08. The van der Waals surface area contributed by atoms with E-state index in [0.717, 1.165) is 0 Å². The molecule has 1 aliphatic heterocycles. The van der Waals surface area contributed by atoms with Gasteiger partial charge < -0.3 is 5.32 Å². The first-order valence-corrected chi connectivity index (χ1v) is 8.62. The first-order chi connectivity index (χ1) is 12.2. The molecule has 3 rings (SSSR count). The van der Waals surface area contributed by atoms with Crippen LogP contribution in [-0.2, 0) is 4.79 Å². The summed E-state index contributed by atoms with van der Waals surface area (Å²) in [6.45, 7) is 3.64. The summed E-state index contributed by atoms with van der Waals surface area (Å²) in [5.74, 6) is -0.855. The standard InChI is InChI=1S/C16H15ClN4O4S/c1-7(2)20-15(23)13-9(6-12(22)18-14(13)19-16(20)26)8-3-4-10(17)11(5-8)21(24)25/h3-5,7,9H,6H2,1-2H3,(H,18,22)(H,19,26). The topological polar surface area (TPSA) is 107 Å². The number of nitrogens with one attached hydrogen (secondary N) is 1. The maximum atomic E-state index is 13.0. The number of thiol groups is 1. The average molecular weight is 395 g/mol. The van der Waals surface area contributed by atoms with Gasteiger partial charge in [-0.05, 0) is 25.5 Å². The molecule has 0 fully saturated rings. The molecule has 10 heteroatoms. The maximum absolute atomic E-state index is 13.0. The summed E-state index contributed by atoms with van der Waals surface area (Å²) in [5, 5.41) is 13.9. The van der Waals surface area contributed by atoms with Gasteiger partial charge in [-0.2, -0.15) is 0 Å². The number of fused-ring (bicyclic) bond motifs is 1. The molecule has 0 bridgehead atoms. The number of nitro benzene ring substituents is 1. The van der Waals surface area contributed by atoms with E-state index in [1.807, 2.05) is 13.8 Å². The van der Waals surface area contributed by atoms with Crippen LogP contribution in [0.4, 0.5) is 11.5 Å². The Hall–Kier alpha value is -2.39. The smallest absolute Gasteiger partial charge is 0.288 e. The van der Waals surface area contributed by atoms with Crippen LogP contribution >= 0.6 is 24.2 Å². The average Bonchev–Trinajstić information content (AvgIpc) is 2.53. The molecule has 2 heterocycles. The SMILES string of the molecule is CC(C)n1c(S)nc2c(c1=O)C(c1ccc(Cl)c([N+](=O)[O-])c1)CC(=O)N2. The van der Waals surface area contributed by atoms with Crippen molar-refractivity contribution in [3.63, 3.8) is 0 Å². The third kappa shape index (κ3) is 3.08. The third-order valence-electron chi connectivity index (χ3n) is 4.21. The van der Waals surface area contributed by atoms with E-state index in [-0.39, 0.29) is 51.2 Å². The molecule has 1 atom stereocenters. The van der Waals surface area contributed by atoms with Crippen molar-refractivity contribution >= 4 is 41.6 Å². The lowest BCUT2D eigenvalue weighted by Gasteiger charge is -2.26. The van der Waals surface area contributed by atoms with Crippen molar-refractivity contribution in [3.05, 3.63) is 54.8 Å². The Balaban J connectivity index is 2.25. The van der Waals surface area contributed by atoms with Crippen LogP contribution in [0, 0.1) is 10.1 Å². The van der Waals surface area contributed by atoms with Gasteiger partial charge in [0.05, 0.1) is 10.5 Å². The van der Waals surface area contributed by atoms with E-state index < -0.39 is 10.8 Å². The molecular formula is C16H15ClN4O4S. The van der Waals surface area contributed by atoms with Crippen LogP contribution in [0.25, 0.3) is 0 Å². The van der Waals surface area contributed by atoms with Crippen molar-refractivity contribution in [3.8, 4) is 0 Å². The van der Waals surface area contributed by atoms with E-state index in [4.69, 9.17) is 11.6 Å². The van der Waals surface area contributed by atoms with E-state index in [0.29, 0.717) is 5.56 Å². The monoisotopic (exact) mass is 394 g/mol. The zero-order valence-corrected chi connectivity index (χ0v) is 15.5. The van der Waals surface area contributed by atoms with Gasteiger partial charge in [-0.3, -0.25) is 24.3 Å². The van der Waals surface area contributed by atoms with Crippen LogP contribution in [0.1, 0.15) is 43.4 Å². The van der Waals surface area contributed by atoms with Crippen molar-refractivity contribution < 1.29 is 9.72 Å². The number of nitrogens with zero attached hydrogens (tertiary/aromatic N) is 3. The molecule has 0 radical (unpaired) electrons. The molecule has 136 valence electrons. The number of carbonyl (C=O) groups is 1. The predicted octanol–water partition coefficient (Wildman–Crippen LogP) is 3.15. The van der Waals surface area contributed by atoms with Crippen LogP contribution in [0.3, 0.4) is 0 Å². The summed E-state index contributed by atoms with van der Waals surface area (Å²) in [5.41, 5.74) is 0.128. The quantitative estimate of drug-likeness (QED) is 0.360. The fraction of sp³-hybridized carbons (Fsp3) is 0.312. The van der Waals surface area contributed by atoms with Gasteiger partial charge in [-0.25, -0.2) is 4.98 Å². The lowest BCUT2D eigenvalue weighted by Crippen LogP contribution is -2.35. The Morgan fingerprint density at radius 2 is 2.12 bits per heavy atom. The van der Waals surface area contributed by atoms with E-state index in [2.05, 4.69) is 22.9 Å². The second kappa shape index (κ2) is 6.73. The summed E-state index contributed by atoms with van der Waals surface area (Å²) in [4.78, 5) is 39.9. The van der Waals surface area contributed by atoms with E-state index >= 15 is 0 Å². The van der Waals surface area contributed by atoms with Crippen LogP contribution in [0.2, 0.25) is 5.02 Å². The summed E-state index contributed by atoms with van der Waals surface area (Å²) >= 11 is 10.1. The van der Waals surface area contributed by atoms with E-state index in [1.54, 1.807) is 6.07 Å². The van der Waals surface area contributed by atoms with Crippen molar-refractivity contribution in [1.29, 1.82) is 0 Å². The molecule has 26 heavy (non-hydrogen) atoms. The molecule has 1 amide bonds. The molecule has 0 spiro atoms. The molecule has 1 unspecified atom stereocenters. The van der Waals surface area contributed by atoms with E-state index in [9.17, 15) is 19.7 Å². The Labute approximate surface area is 158 Å². The second-order valence-corrected chi connectivity index (χ2v) is 7.02. The maximum Gasteiger partial charge on any atom is 0.288 e. The predicted molar refractivity (Wildman–Crippen MR) is 99.3 cm³/mol. The molecule has 2 aromatic rings. The van der Waals surface area contributed by atoms with E-state index in [1.165, 1.54) is 16.7 Å². The zero-order valence-electron chi connectivity index (χ0n) is 13.9. The number of aromatic nitrogens is 2. The molecule has 1 aliphatic rings. The minimum atomic E-state index is -0.659. The number of hydrogen-bond donors (Lipinski definition) is 2. The van der Waals surface area contributed by atoms with Gasteiger partial charge >= 0.3 is 0 Å². The first kappa shape index (κ1) is 18.4. The molecule has 0 saturated heterocycles. The minimum absolute atomic E-state index is 0.0114.